The largest absolute Gasteiger partial charge is 0.573 e. The number of hydrogen-bond donors (Lipinski definition) is 0. The van der Waals surface area contributed by atoms with Crippen LogP contribution >= 0.6 is 0 Å². The standard InChI is InChI=1S/C10H9F3O2/c1-7(14-2)8-4-3-5-9(6-8)15-10(11,12)13/h3-6H,1H2,2H3. The summed E-state index contributed by atoms with van der Waals surface area (Å²) in [5, 5.41) is 0. The van der Waals surface area contributed by atoms with Crippen LogP contribution in [0.15, 0.2) is 30.8 Å². The van der Waals surface area contributed by atoms with Crippen molar-refractivity contribution >= 4 is 5.76 Å². The topological polar surface area (TPSA) is 18.5 Å². The molecule has 0 aliphatic rings. The maximum Gasteiger partial charge on any atom is 0.573 e. The normalized spacial score (nSPS) is 10.9. The van der Waals surface area contributed by atoms with Crippen molar-refractivity contribution in [3.63, 3.8) is 0 Å². The second kappa shape index (κ2) is 4.25. The molecule has 0 spiro atoms. The van der Waals surface area contributed by atoms with Gasteiger partial charge in [-0.2, -0.15) is 0 Å². The molecule has 0 aliphatic heterocycles. The third kappa shape index (κ3) is 3.53. The van der Waals surface area contributed by atoms with Gasteiger partial charge in [0.25, 0.3) is 0 Å². The molecule has 1 aromatic carbocycles. The lowest BCUT2D eigenvalue weighted by molar-refractivity contribution is -0.274. The molecule has 0 fully saturated rings. The average molecular weight is 218 g/mol. The second-order valence-electron chi connectivity index (χ2n) is 2.70. The molecule has 1 rings (SSSR count). The van der Waals surface area contributed by atoms with Gasteiger partial charge in [0.15, 0.2) is 0 Å². The van der Waals surface area contributed by atoms with Crippen LogP contribution in [-0.4, -0.2) is 13.5 Å². The third-order valence-corrected chi connectivity index (χ3v) is 1.64. The smallest absolute Gasteiger partial charge is 0.497 e. The van der Waals surface area contributed by atoms with Crippen LogP contribution in [0.1, 0.15) is 5.56 Å². The van der Waals surface area contributed by atoms with E-state index in [0.29, 0.717) is 5.56 Å². The summed E-state index contributed by atoms with van der Waals surface area (Å²) in [5.41, 5.74) is 0.444. The lowest BCUT2D eigenvalue weighted by atomic mass is 10.2. The zero-order valence-electron chi connectivity index (χ0n) is 7.97. The minimum atomic E-state index is -4.69. The van der Waals surface area contributed by atoms with Crippen molar-refractivity contribution in [2.45, 2.75) is 6.36 Å². The predicted molar refractivity (Wildman–Crippen MR) is 49.2 cm³/mol. The first-order valence-corrected chi connectivity index (χ1v) is 4.01. The predicted octanol–water partition coefficient (Wildman–Crippen LogP) is 3.20. The van der Waals surface area contributed by atoms with E-state index in [0.717, 1.165) is 0 Å². The minimum absolute atomic E-state index is 0.280. The Bertz CT molecular complexity index is 358. The van der Waals surface area contributed by atoms with E-state index in [9.17, 15) is 13.2 Å². The summed E-state index contributed by atoms with van der Waals surface area (Å²) in [5.74, 6) is -0.0131. The lowest BCUT2D eigenvalue weighted by Gasteiger charge is -2.10. The van der Waals surface area contributed by atoms with Gasteiger partial charge in [-0.3, -0.25) is 0 Å². The van der Waals surface area contributed by atoms with Crippen molar-refractivity contribution in [2.75, 3.05) is 7.11 Å². The monoisotopic (exact) mass is 218 g/mol. The van der Waals surface area contributed by atoms with Crippen LogP contribution in [0, 0.1) is 0 Å². The Morgan fingerprint density at radius 3 is 2.53 bits per heavy atom. The Morgan fingerprint density at radius 1 is 1.33 bits per heavy atom. The molecule has 0 unspecified atom stereocenters. The van der Waals surface area contributed by atoms with Gasteiger partial charge >= 0.3 is 6.36 Å². The fraction of sp³-hybridized carbons (Fsp3) is 0.200. The molecule has 0 bridgehead atoms. The number of alkyl halides is 3. The molecule has 0 saturated heterocycles. The van der Waals surface area contributed by atoms with E-state index in [4.69, 9.17) is 4.74 Å². The maximum absolute atomic E-state index is 11.9. The molecular weight excluding hydrogens is 209 g/mol. The van der Waals surface area contributed by atoms with Gasteiger partial charge in [-0.15, -0.1) is 13.2 Å². The number of rotatable bonds is 3. The van der Waals surface area contributed by atoms with E-state index in [2.05, 4.69) is 11.3 Å². The summed E-state index contributed by atoms with van der Waals surface area (Å²) in [7, 11) is 1.39. The fourth-order valence-electron chi connectivity index (χ4n) is 0.985. The maximum atomic E-state index is 11.9. The van der Waals surface area contributed by atoms with Gasteiger partial charge in [0.2, 0.25) is 0 Å². The van der Waals surface area contributed by atoms with Crippen molar-refractivity contribution in [1.29, 1.82) is 0 Å². The number of benzene rings is 1. The van der Waals surface area contributed by atoms with Gasteiger partial charge in [0.1, 0.15) is 11.5 Å². The van der Waals surface area contributed by atoms with Gasteiger partial charge in [-0.05, 0) is 12.1 Å². The lowest BCUT2D eigenvalue weighted by Crippen LogP contribution is -2.17. The average Bonchev–Trinajstić information content (AvgIpc) is 2.14. The van der Waals surface area contributed by atoms with Crippen LogP contribution in [0.5, 0.6) is 5.75 Å². The van der Waals surface area contributed by atoms with Crippen LogP contribution in [0.2, 0.25) is 0 Å². The quantitative estimate of drug-likeness (QED) is 0.725. The highest BCUT2D eigenvalue weighted by Crippen LogP contribution is 2.25. The molecule has 0 amide bonds. The Kier molecular flexibility index (Phi) is 3.24. The van der Waals surface area contributed by atoms with Crippen molar-refractivity contribution < 1.29 is 22.6 Å². The van der Waals surface area contributed by atoms with Crippen molar-refractivity contribution in [2.24, 2.45) is 0 Å². The Labute approximate surface area is 84.9 Å². The highest BCUT2D eigenvalue weighted by molar-refractivity contribution is 5.58. The van der Waals surface area contributed by atoms with Crippen LogP contribution < -0.4 is 4.74 Å². The molecule has 0 radical (unpaired) electrons. The van der Waals surface area contributed by atoms with Gasteiger partial charge in [0, 0.05) is 5.56 Å². The van der Waals surface area contributed by atoms with E-state index >= 15 is 0 Å². The van der Waals surface area contributed by atoms with E-state index in [1.165, 1.54) is 25.3 Å². The van der Waals surface area contributed by atoms with Crippen molar-refractivity contribution in [3.8, 4) is 5.75 Å². The molecular formula is C10H9F3O2. The minimum Gasteiger partial charge on any atom is -0.497 e. The molecule has 0 N–H and O–H groups in total. The summed E-state index contributed by atoms with van der Waals surface area (Å²) in [6, 6.07) is 5.43. The Hall–Kier alpha value is -1.65. The number of methoxy groups -OCH3 is 1. The van der Waals surface area contributed by atoms with E-state index in [1.807, 2.05) is 0 Å². The van der Waals surface area contributed by atoms with Crippen LogP contribution in [-0.2, 0) is 4.74 Å². The molecule has 15 heavy (non-hydrogen) atoms. The molecule has 0 heterocycles. The van der Waals surface area contributed by atoms with E-state index in [-0.39, 0.29) is 11.5 Å². The molecule has 0 atom stereocenters. The molecule has 2 nitrogen and oxygen atoms in total. The molecule has 0 aromatic heterocycles. The number of ether oxygens (including phenoxy) is 2. The molecule has 82 valence electrons. The first-order chi connectivity index (χ1) is 6.92. The molecule has 1 aromatic rings. The van der Waals surface area contributed by atoms with Gasteiger partial charge < -0.3 is 9.47 Å². The number of halogens is 3. The van der Waals surface area contributed by atoms with E-state index < -0.39 is 6.36 Å². The SMILES string of the molecule is C=C(OC)c1cccc(OC(F)(F)F)c1. The van der Waals surface area contributed by atoms with Crippen molar-refractivity contribution in [1.82, 2.24) is 0 Å². The zero-order valence-corrected chi connectivity index (χ0v) is 7.97. The van der Waals surface area contributed by atoms with Crippen LogP contribution in [0.3, 0.4) is 0 Å². The first-order valence-electron chi connectivity index (χ1n) is 4.01. The first kappa shape index (κ1) is 11.4. The van der Waals surface area contributed by atoms with Gasteiger partial charge in [0.05, 0.1) is 7.11 Å². The van der Waals surface area contributed by atoms with Gasteiger partial charge in [-0.1, -0.05) is 18.7 Å². The van der Waals surface area contributed by atoms with Crippen LogP contribution in [0.4, 0.5) is 13.2 Å². The fourth-order valence-corrected chi connectivity index (χ4v) is 0.985. The molecule has 0 saturated carbocycles. The summed E-state index contributed by atoms with van der Waals surface area (Å²) in [6.07, 6.45) is -4.69. The number of hydrogen-bond acceptors (Lipinski definition) is 2. The second-order valence-corrected chi connectivity index (χ2v) is 2.70. The van der Waals surface area contributed by atoms with E-state index in [1.54, 1.807) is 6.07 Å². The van der Waals surface area contributed by atoms with Crippen LogP contribution in [0.25, 0.3) is 5.76 Å². The highest BCUT2D eigenvalue weighted by atomic mass is 19.4. The van der Waals surface area contributed by atoms with Crippen molar-refractivity contribution in [3.05, 3.63) is 36.4 Å². The Morgan fingerprint density at radius 2 is 2.00 bits per heavy atom. The highest BCUT2D eigenvalue weighted by Gasteiger charge is 2.31. The third-order valence-electron chi connectivity index (χ3n) is 1.64. The summed E-state index contributed by atoms with van der Waals surface area (Å²) in [6.45, 7) is 3.52. The summed E-state index contributed by atoms with van der Waals surface area (Å²) in [4.78, 5) is 0. The Balaban J connectivity index is 2.88. The van der Waals surface area contributed by atoms with Gasteiger partial charge in [-0.25, -0.2) is 0 Å². The zero-order chi connectivity index (χ0) is 11.5. The summed E-state index contributed by atoms with van der Waals surface area (Å²) < 4.78 is 44.2. The molecule has 0 aliphatic carbocycles. The summed E-state index contributed by atoms with van der Waals surface area (Å²) >= 11 is 0. The molecule has 5 heteroatoms.